The van der Waals surface area contributed by atoms with Crippen molar-refractivity contribution in [3.63, 3.8) is 0 Å². The summed E-state index contributed by atoms with van der Waals surface area (Å²) in [6.07, 6.45) is 0. The van der Waals surface area contributed by atoms with Crippen LogP contribution in [0.2, 0.25) is 10.0 Å². The molecule has 0 amide bonds. The van der Waals surface area contributed by atoms with E-state index in [1.165, 1.54) is 24.3 Å². The number of halogens is 3. The van der Waals surface area contributed by atoms with Gasteiger partial charge in [-0.2, -0.15) is 0 Å². The predicted molar refractivity (Wildman–Crippen MR) is 108 cm³/mol. The molecular weight excluding hydrogens is 404 g/mol. The molecule has 0 unspecified atom stereocenters. The fourth-order valence-electron chi connectivity index (χ4n) is 2.58. The number of aromatic carboxylic acids is 1. The molecule has 0 aliphatic carbocycles. The molecule has 3 aromatic carbocycles. The molecule has 0 aromatic heterocycles. The lowest BCUT2D eigenvalue weighted by molar-refractivity contribution is 0.0697. The molecule has 0 saturated heterocycles. The number of hydrogen-bond donors (Lipinski definition) is 2. The highest BCUT2D eigenvalue weighted by Gasteiger charge is 2.11. The quantitative estimate of drug-likeness (QED) is 0.491. The van der Waals surface area contributed by atoms with E-state index in [1.807, 2.05) is 0 Å². The number of nitrogens with one attached hydrogen (secondary N) is 1. The maximum atomic E-state index is 13.9. The summed E-state index contributed by atoms with van der Waals surface area (Å²) in [5.74, 6) is -0.873. The molecule has 0 atom stereocenters. The van der Waals surface area contributed by atoms with Gasteiger partial charge in [-0.3, -0.25) is 0 Å². The minimum Gasteiger partial charge on any atom is -0.488 e. The van der Waals surface area contributed by atoms with Crippen LogP contribution in [0.4, 0.5) is 10.1 Å². The molecule has 0 fully saturated rings. The molecule has 0 bridgehead atoms. The number of carbonyl (C=O) groups is 1. The van der Waals surface area contributed by atoms with E-state index in [9.17, 15) is 9.18 Å². The third kappa shape index (κ3) is 4.94. The topological polar surface area (TPSA) is 58.6 Å². The second-order valence-electron chi connectivity index (χ2n) is 5.98. The first-order chi connectivity index (χ1) is 13.4. The molecule has 3 rings (SSSR count). The molecule has 4 nitrogen and oxygen atoms in total. The molecule has 2 N–H and O–H groups in total. The maximum absolute atomic E-state index is 13.9. The molecule has 0 radical (unpaired) electrons. The Balaban J connectivity index is 1.72. The Bertz CT molecular complexity index is 973. The van der Waals surface area contributed by atoms with Crippen molar-refractivity contribution in [3.05, 3.63) is 93.2 Å². The molecule has 0 heterocycles. The third-order valence-corrected chi connectivity index (χ3v) is 4.66. The van der Waals surface area contributed by atoms with E-state index in [4.69, 9.17) is 33.0 Å². The zero-order valence-electron chi connectivity index (χ0n) is 14.6. The van der Waals surface area contributed by atoms with Crippen LogP contribution in [0, 0.1) is 5.82 Å². The number of benzene rings is 3. The van der Waals surface area contributed by atoms with Crippen molar-refractivity contribution in [1.82, 2.24) is 0 Å². The van der Waals surface area contributed by atoms with Gasteiger partial charge in [-0.15, -0.1) is 0 Å². The van der Waals surface area contributed by atoms with E-state index in [0.29, 0.717) is 22.3 Å². The molecule has 7 heteroatoms. The van der Waals surface area contributed by atoms with Gasteiger partial charge in [0.2, 0.25) is 0 Å². The van der Waals surface area contributed by atoms with E-state index in [0.717, 1.165) is 11.3 Å². The van der Waals surface area contributed by atoms with Crippen LogP contribution in [-0.4, -0.2) is 11.1 Å². The van der Waals surface area contributed by atoms with Crippen molar-refractivity contribution in [2.75, 3.05) is 5.32 Å². The first kappa shape index (κ1) is 20.0. The largest absolute Gasteiger partial charge is 0.488 e. The van der Waals surface area contributed by atoms with Crippen LogP contribution in [0.1, 0.15) is 21.5 Å². The number of carboxylic acid groups (broad SMARTS) is 1. The highest BCUT2D eigenvalue weighted by atomic mass is 35.5. The van der Waals surface area contributed by atoms with E-state index in [1.54, 1.807) is 36.4 Å². The van der Waals surface area contributed by atoms with Crippen molar-refractivity contribution in [2.45, 2.75) is 13.2 Å². The fourth-order valence-corrected chi connectivity index (χ4v) is 2.99. The Morgan fingerprint density at radius 1 is 1.07 bits per heavy atom. The van der Waals surface area contributed by atoms with E-state index in [-0.39, 0.29) is 17.7 Å². The minimum atomic E-state index is -0.983. The Hall–Kier alpha value is -2.76. The van der Waals surface area contributed by atoms with Crippen LogP contribution in [-0.2, 0) is 13.2 Å². The van der Waals surface area contributed by atoms with E-state index < -0.39 is 11.8 Å². The van der Waals surface area contributed by atoms with Gasteiger partial charge in [-0.05, 0) is 54.6 Å². The maximum Gasteiger partial charge on any atom is 0.335 e. The fraction of sp³-hybridized carbons (Fsp3) is 0.0952. The van der Waals surface area contributed by atoms with Gasteiger partial charge in [0.25, 0.3) is 0 Å². The van der Waals surface area contributed by atoms with Gasteiger partial charge in [0.05, 0.1) is 10.6 Å². The van der Waals surface area contributed by atoms with E-state index in [2.05, 4.69) is 5.32 Å². The third-order valence-electron chi connectivity index (χ3n) is 4.07. The van der Waals surface area contributed by atoms with Crippen molar-refractivity contribution >= 4 is 34.9 Å². The predicted octanol–water partition coefficient (Wildman–Crippen LogP) is 6.02. The van der Waals surface area contributed by atoms with E-state index >= 15 is 0 Å². The van der Waals surface area contributed by atoms with Crippen LogP contribution in [0.3, 0.4) is 0 Å². The summed E-state index contributed by atoms with van der Waals surface area (Å²) in [5.41, 5.74) is 2.00. The number of ether oxygens (including phenoxy) is 1. The summed E-state index contributed by atoms with van der Waals surface area (Å²) in [7, 11) is 0. The van der Waals surface area contributed by atoms with Gasteiger partial charge in [0, 0.05) is 28.4 Å². The van der Waals surface area contributed by atoms with Crippen LogP contribution in [0.25, 0.3) is 0 Å². The zero-order chi connectivity index (χ0) is 20.1. The molecule has 28 heavy (non-hydrogen) atoms. The van der Waals surface area contributed by atoms with Crippen molar-refractivity contribution < 1.29 is 19.0 Å². The standard InChI is InChI=1S/C21H16Cl2FNO3/c22-15-6-9-20(28-12-17-18(23)2-1-3-19(17)24)14(10-15)11-25-16-7-4-13(5-8-16)21(26)27/h1-10,25H,11-12H2,(H,26,27). The second kappa shape index (κ2) is 8.95. The summed E-state index contributed by atoms with van der Waals surface area (Å²) >= 11 is 12.1. The SMILES string of the molecule is O=C(O)c1ccc(NCc2cc(Cl)ccc2OCc2c(F)cccc2Cl)cc1. The molecule has 144 valence electrons. The molecule has 0 spiro atoms. The Kier molecular flexibility index (Phi) is 6.39. The Morgan fingerprint density at radius 3 is 2.50 bits per heavy atom. The lowest BCUT2D eigenvalue weighted by atomic mass is 10.1. The van der Waals surface area contributed by atoms with Crippen molar-refractivity contribution in [2.24, 2.45) is 0 Å². The van der Waals surface area contributed by atoms with Crippen LogP contribution < -0.4 is 10.1 Å². The number of hydrogen-bond acceptors (Lipinski definition) is 3. The molecular formula is C21H16Cl2FNO3. The summed E-state index contributed by atoms with van der Waals surface area (Å²) in [4.78, 5) is 10.9. The highest BCUT2D eigenvalue weighted by Crippen LogP contribution is 2.27. The van der Waals surface area contributed by atoms with Gasteiger partial charge in [-0.25, -0.2) is 9.18 Å². The van der Waals surface area contributed by atoms with Crippen LogP contribution >= 0.6 is 23.2 Å². The van der Waals surface area contributed by atoms with Crippen molar-refractivity contribution in [1.29, 1.82) is 0 Å². The average molecular weight is 420 g/mol. The normalized spacial score (nSPS) is 10.5. The summed E-state index contributed by atoms with van der Waals surface area (Å²) in [6, 6.07) is 16.0. The summed E-state index contributed by atoms with van der Waals surface area (Å²) in [5, 5.41) is 13.0. The van der Waals surface area contributed by atoms with Crippen LogP contribution in [0.15, 0.2) is 60.7 Å². The van der Waals surface area contributed by atoms with Gasteiger partial charge in [0.1, 0.15) is 18.2 Å². The Morgan fingerprint density at radius 2 is 1.82 bits per heavy atom. The number of anilines is 1. The second-order valence-corrected chi connectivity index (χ2v) is 6.82. The van der Waals surface area contributed by atoms with Crippen LogP contribution in [0.5, 0.6) is 5.75 Å². The molecule has 0 saturated carbocycles. The first-order valence-electron chi connectivity index (χ1n) is 8.35. The zero-order valence-corrected chi connectivity index (χ0v) is 16.1. The monoisotopic (exact) mass is 419 g/mol. The number of carboxylic acids is 1. The highest BCUT2D eigenvalue weighted by molar-refractivity contribution is 6.31. The summed E-state index contributed by atoms with van der Waals surface area (Å²) < 4.78 is 19.7. The average Bonchev–Trinajstić information content (AvgIpc) is 2.67. The molecule has 0 aliphatic rings. The van der Waals surface area contributed by atoms with Crippen molar-refractivity contribution in [3.8, 4) is 5.75 Å². The van der Waals surface area contributed by atoms with Gasteiger partial charge < -0.3 is 15.2 Å². The number of rotatable bonds is 7. The Labute approximate surface area is 171 Å². The minimum absolute atomic E-state index is 0.0204. The smallest absolute Gasteiger partial charge is 0.335 e. The molecule has 3 aromatic rings. The lowest BCUT2D eigenvalue weighted by Gasteiger charge is -2.14. The summed E-state index contributed by atoms with van der Waals surface area (Å²) in [6.45, 7) is 0.362. The van der Waals surface area contributed by atoms with Gasteiger partial charge in [-0.1, -0.05) is 29.3 Å². The molecule has 0 aliphatic heterocycles. The lowest BCUT2D eigenvalue weighted by Crippen LogP contribution is -2.05. The first-order valence-corrected chi connectivity index (χ1v) is 9.11. The van der Waals surface area contributed by atoms with Gasteiger partial charge >= 0.3 is 5.97 Å². The van der Waals surface area contributed by atoms with Gasteiger partial charge in [0.15, 0.2) is 0 Å².